The van der Waals surface area contributed by atoms with E-state index in [0.717, 1.165) is 23.9 Å². The highest BCUT2D eigenvalue weighted by atomic mass is 35.5. The van der Waals surface area contributed by atoms with Crippen molar-refractivity contribution in [2.75, 3.05) is 19.5 Å². The summed E-state index contributed by atoms with van der Waals surface area (Å²) in [5.41, 5.74) is 1.21. The minimum Gasteiger partial charge on any atom is -0.300 e. The number of rotatable bonds is 8. The van der Waals surface area contributed by atoms with Gasteiger partial charge >= 0.3 is 0 Å². The highest BCUT2D eigenvalue weighted by Gasteiger charge is 2.13. The van der Waals surface area contributed by atoms with Crippen LogP contribution in [0.4, 0.5) is 0 Å². The van der Waals surface area contributed by atoms with Crippen LogP contribution in [0.25, 0.3) is 0 Å². The van der Waals surface area contributed by atoms with Gasteiger partial charge < -0.3 is 0 Å². The Labute approximate surface area is 121 Å². The fourth-order valence-electron chi connectivity index (χ4n) is 2.05. The van der Waals surface area contributed by atoms with Gasteiger partial charge in [-0.2, -0.15) is 0 Å². The number of benzene rings is 1. The third-order valence-electron chi connectivity index (χ3n) is 3.41. The molecule has 0 N–H and O–H groups in total. The van der Waals surface area contributed by atoms with E-state index in [1.807, 2.05) is 18.2 Å². The predicted molar refractivity (Wildman–Crippen MR) is 81.7 cm³/mol. The molecule has 0 fully saturated rings. The Morgan fingerprint density at radius 3 is 2.44 bits per heavy atom. The Morgan fingerprint density at radius 1 is 1.11 bits per heavy atom. The van der Waals surface area contributed by atoms with Crippen LogP contribution < -0.4 is 0 Å². The molecule has 0 aliphatic heterocycles. The summed E-state index contributed by atoms with van der Waals surface area (Å²) in [7, 11) is 2.16. The second-order valence-electron chi connectivity index (χ2n) is 4.78. The van der Waals surface area contributed by atoms with Crippen LogP contribution in [0, 0.1) is 0 Å². The van der Waals surface area contributed by atoms with Crippen molar-refractivity contribution in [1.82, 2.24) is 4.90 Å². The third kappa shape index (κ3) is 5.17. The zero-order chi connectivity index (χ0) is 13.4. The zero-order valence-electron chi connectivity index (χ0n) is 11.3. The Hall–Kier alpha value is -0.240. The van der Waals surface area contributed by atoms with Gasteiger partial charge in [0.2, 0.25) is 0 Å². The number of hydrogen-bond acceptors (Lipinski definition) is 1. The topological polar surface area (TPSA) is 3.24 Å². The Kier molecular flexibility index (Phi) is 7.73. The van der Waals surface area contributed by atoms with Crippen molar-refractivity contribution in [2.45, 2.75) is 38.6 Å². The number of halogens is 2. The lowest BCUT2D eigenvalue weighted by Crippen LogP contribution is -2.23. The molecule has 1 aromatic carbocycles. The fourth-order valence-corrected chi connectivity index (χ4v) is 2.54. The molecule has 0 aliphatic rings. The lowest BCUT2D eigenvalue weighted by Gasteiger charge is -2.25. The van der Waals surface area contributed by atoms with Crippen molar-refractivity contribution in [2.24, 2.45) is 0 Å². The summed E-state index contributed by atoms with van der Waals surface area (Å²) >= 11 is 11.9. The van der Waals surface area contributed by atoms with Gasteiger partial charge in [-0.15, -0.1) is 11.6 Å². The maximum Gasteiger partial charge on any atom is 0.0453 e. The Morgan fingerprint density at radius 2 is 1.78 bits per heavy atom. The molecule has 0 spiro atoms. The van der Waals surface area contributed by atoms with Crippen molar-refractivity contribution >= 4 is 23.2 Å². The van der Waals surface area contributed by atoms with Crippen LogP contribution in [0.2, 0.25) is 5.02 Å². The van der Waals surface area contributed by atoms with Gasteiger partial charge in [0.25, 0.3) is 0 Å². The van der Waals surface area contributed by atoms with E-state index in [1.165, 1.54) is 24.8 Å². The summed E-state index contributed by atoms with van der Waals surface area (Å²) in [6, 6.07) is 8.46. The lowest BCUT2D eigenvalue weighted by molar-refractivity contribution is 0.255. The van der Waals surface area contributed by atoms with Crippen molar-refractivity contribution in [3.8, 4) is 0 Å². The van der Waals surface area contributed by atoms with Crippen LogP contribution in [0.15, 0.2) is 24.3 Å². The average Bonchev–Trinajstić information content (AvgIpc) is 2.38. The first-order valence-electron chi connectivity index (χ1n) is 6.67. The number of unbranched alkanes of at least 4 members (excludes halogenated alkanes) is 3. The van der Waals surface area contributed by atoms with E-state index in [1.54, 1.807) is 0 Å². The van der Waals surface area contributed by atoms with E-state index in [9.17, 15) is 0 Å². The summed E-state index contributed by atoms with van der Waals surface area (Å²) in [6.07, 6.45) is 4.84. The summed E-state index contributed by atoms with van der Waals surface area (Å²) in [6.45, 7) is 3.31. The van der Waals surface area contributed by atoms with Crippen LogP contribution in [-0.4, -0.2) is 24.4 Å². The molecule has 1 unspecified atom stereocenters. The molecule has 0 saturated carbocycles. The molecule has 0 bridgehead atoms. The molecule has 102 valence electrons. The van der Waals surface area contributed by atoms with Crippen LogP contribution in [0.3, 0.4) is 0 Å². The predicted octanol–water partition coefficient (Wildman–Crippen LogP) is 5.13. The number of nitrogens with zero attached hydrogens (tertiary/aromatic N) is 1. The van der Waals surface area contributed by atoms with E-state index in [2.05, 4.69) is 24.9 Å². The van der Waals surface area contributed by atoms with Crippen molar-refractivity contribution in [3.05, 3.63) is 34.9 Å². The smallest absolute Gasteiger partial charge is 0.0453 e. The average molecular weight is 288 g/mol. The van der Waals surface area contributed by atoms with Gasteiger partial charge in [0.1, 0.15) is 0 Å². The van der Waals surface area contributed by atoms with Gasteiger partial charge in [-0.05, 0) is 45.0 Å². The molecule has 0 radical (unpaired) electrons. The highest BCUT2D eigenvalue weighted by Crippen LogP contribution is 2.26. The van der Waals surface area contributed by atoms with Gasteiger partial charge in [-0.3, -0.25) is 4.90 Å². The summed E-state index contributed by atoms with van der Waals surface area (Å²) < 4.78 is 0. The molecule has 0 aliphatic carbocycles. The van der Waals surface area contributed by atoms with Gasteiger partial charge in [0.05, 0.1) is 0 Å². The second-order valence-corrected chi connectivity index (χ2v) is 5.57. The largest absolute Gasteiger partial charge is 0.300 e. The van der Waals surface area contributed by atoms with E-state index < -0.39 is 0 Å². The van der Waals surface area contributed by atoms with Crippen LogP contribution in [0.5, 0.6) is 0 Å². The van der Waals surface area contributed by atoms with Crippen molar-refractivity contribution in [1.29, 1.82) is 0 Å². The van der Waals surface area contributed by atoms with E-state index >= 15 is 0 Å². The molecule has 1 nitrogen and oxygen atoms in total. The van der Waals surface area contributed by atoms with Gasteiger partial charge in [0, 0.05) is 16.9 Å². The summed E-state index contributed by atoms with van der Waals surface area (Å²) in [5.74, 6) is 0.784. The third-order valence-corrected chi connectivity index (χ3v) is 4.02. The van der Waals surface area contributed by atoms with Gasteiger partial charge in [-0.25, -0.2) is 0 Å². The SMILES string of the molecule is CC(c1ccccc1Cl)N(C)CCCCCCCl. The standard InChI is InChI=1S/C15H23Cl2N/c1-13(14-9-5-6-10-15(14)17)18(2)12-8-4-3-7-11-16/h5-6,9-10,13H,3-4,7-8,11-12H2,1-2H3. The molecular weight excluding hydrogens is 265 g/mol. The number of alkyl halides is 1. The first kappa shape index (κ1) is 15.8. The van der Waals surface area contributed by atoms with Crippen LogP contribution in [-0.2, 0) is 0 Å². The molecule has 0 aromatic heterocycles. The molecule has 0 amide bonds. The molecule has 1 atom stereocenters. The van der Waals surface area contributed by atoms with Gasteiger partial charge in [0.15, 0.2) is 0 Å². The van der Waals surface area contributed by atoms with E-state index in [0.29, 0.717) is 6.04 Å². The zero-order valence-corrected chi connectivity index (χ0v) is 12.8. The van der Waals surface area contributed by atoms with Gasteiger partial charge in [-0.1, -0.05) is 42.6 Å². The maximum atomic E-state index is 6.22. The quantitative estimate of drug-likeness (QED) is 0.473. The van der Waals surface area contributed by atoms with Crippen LogP contribution in [0.1, 0.15) is 44.2 Å². The Bertz CT molecular complexity index is 341. The Balaban J connectivity index is 2.37. The second kappa shape index (κ2) is 8.79. The minimum absolute atomic E-state index is 0.367. The first-order chi connectivity index (χ1) is 8.66. The van der Waals surface area contributed by atoms with Crippen LogP contribution >= 0.6 is 23.2 Å². The van der Waals surface area contributed by atoms with E-state index in [-0.39, 0.29) is 0 Å². The normalized spacial score (nSPS) is 12.9. The molecule has 3 heteroatoms. The summed E-state index contributed by atoms with van der Waals surface area (Å²) in [4.78, 5) is 2.36. The molecule has 1 aromatic rings. The molecular formula is C15H23Cl2N. The molecule has 0 heterocycles. The maximum absolute atomic E-state index is 6.22. The molecule has 18 heavy (non-hydrogen) atoms. The minimum atomic E-state index is 0.367. The number of hydrogen-bond donors (Lipinski definition) is 0. The van der Waals surface area contributed by atoms with Crippen molar-refractivity contribution < 1.29 is 0 Å². The highest BCUT2D eigenvalue weighted by molar-refractivity contribution is 6.31. The molecule has 0 saturated heterocycles. The van der Waals surface area contributed by atoms with E-state index in [4.69, 9.17) is 23.2 Å². The first-order valence-corrected chi connectivity index (χ1v) is 7.58. The lowest BCUT2D eigenvalue weighted by atomic mass is 10.1. The fraction of sp³-hybridized carbons (Fsp3) is 0.600. The van der Waals surface area contributed by atoms with Crippen molar-refractivity contribution in [3.63, 3.8) is 0 Å². The monoisotopic (exact) mass is 287 g/mol. The summed E-state index contributed by atoms with van der Waals surface area (Å²) in [5, 5.41) is 0.860. The molecule has 1 rings (SSSR count).